The zero-order valence-electron chi connectivity index (χ0n) is 10.2. The van der Waals surface area contributed by atoms with Gasteiger partial charge in [-0.25, -0.2) is 0 Å². The van der Waals surface area contributed by atoms with Crippen LogP contribution in [0.1, 0.15) is 30.9 Å². The van der Waals surface area contributed by atoms with Gasteiger partial charge in [-0.2, -0.15) is 13.2 Å². The van der Waals surface area contributed by atoms with Crippen LogP contribution in [0.2, 0.25) is 0 Å². The second-order valence-electron chi connectivity index (χ2n) is 5.31. The summed E-state index contributed by atoms with van der Waals surface area (Å²) < 4.78 is 37.3. The summed E-state index contributed by atoms with van der Waals surface area (Å²) in [5.74, 6) is -1.13. The molecular formula is C13H13F3O3. The number of halogens is 3. The highest BCUT2D eigenvalue weighted by molar-refractivity contribution is 5.83. The fraction of sp³-hybridized carbons (Fsp3) is 0.462. The van der Waals surface area contributed by atoms with E-state index in [-0.39, 0.29) is 12.8 Å². The van der Waals surface area contributed by atoms with Crippen LogP contribution in [0.25, 0.3) is 0 Å². The van der Waals surface area contributed by atoms with Crippen molar-refractivity contribution in [2.75, 3.05) is 0 Å². The average Bonchev–Trinajstić information content (AvgIpc) is 2.24. The molecule has 0 saturated heterocycles. The van der Waals surface area contributed by atoms with Crippen molar-refractivity contribution in [2.45, 2.75) is 37.0 Å². The van der Waals surface area contributed by atoms with Crippen LogP contribution in [0.4, 0.5) is 13.2 Å². The summed E-state index contributed by atoms with van der Waals surface area (Å²) in [6.45, 7) is 1.51. The Kier molecular flexibility index (Phi) is 2.89. The molecule has 1 aromatic rings. The molecular weight excluding hydrogens is 261 g/mol. The van der Waals surface area contributed by atoms with Crippen LogP contribution < -0.4 is 0 Å². The molecule has 0 aromatic heterocycles. The molecule has 6 heteroatoms. The summed E-state index contributed by atoms with van der Waals surface area (Å²) in [4.78, 5) is 11.3. The molecule has 2 rings (SSSR count). The number of rotatable bonds is 2. The van der Waals surface area contributed by atoms with E-state index in [0.717, 1.165) is 12.1 Å². The Morgan fingerprint density at radius 1 is 1.21 bits per heavy atom. The van der Waals surface area contributed by atoms with Gasteiger partial charge in [-0.05, 0) is 37.5 Å². The van der Waals surface area contributed by atoms with Gasteiger partial charge in [0, 0.05) is 0 Å². The van der Waals surface area contributed by atoms with Gasteiger partial charge in [0.15, 0.2) is 0 Å². The van der Waals surface area contributed by atoms with Crippen molar-refractivity contribution >= 4 is 5.97 Å². The molecule has 1 aliphatic rings. The second kappa shape index (κ2) is 3.96. The quantitative estimate of drug-likeness (QED) is 0.871. The molecule has 2 N–H and O–H groups in total. The summed E-state index contributed by atoms with van der Waals surface area (Å²) in [6.07, 6.45) is -4.44. The number of hydrogen-bond donors (Lipinski definition) is 2. The van der Waals surface area contributed by atoms with Crippen molar-refractivity contribution in [2.24, 2.45) is 0 Å². The van der Waals surface area contributed by atoms with E-state index >= 15 is 0 Å². The normalized spacial score (nSPS) is 30.8. The van der Waals surface area contributed by atoms with Gasteiger partial charge >= 0.3 is 12.1 Å². The lowest BCUT2D eigenvalue weighted by atomic mass is 9.56. The lowest BCUT2D eigenvalue weighted by molar-refractivity contribution is -0.162. The minimum atomic E-state index is -4.44. The van der Waals surface area contributed by atoms with Gasteiger partial charge < -0.3 is 10.2 Å². The van der Waals surface area contributed by atoms with Crippen molar-refractivity contribution in [3.8, 4) is 0 Å². The second-order valence-corrected chi connectivity index (χ2v) is 5.31. The Morgan fingerprint density at radius 3 is 2.00 bits per heavy atom. The summed E-state index contributed by atoms with van der Waals surface area (Å²) in [5, 5.41) is 19.0. The number of carboxylic acids is 1. The first kappa shape index (κ1) is 13.9. The Morgan fingerprint density at radius 2 is 1.68 bits per heavy atom. The molecule has 3 nitrogen and oxygen atoms in total. The molecule has 0 radical (unpaired) electrons. The summed E-state index contributed by atoms with van der Waals surface area (Å²) in [7, 11) is 0. The fourth-order valence-electron chi connectivity index (χ4n) is 2.71. The van der Waals surface area contributed by atoms with Crippen LogP contribution in [0.5, 0.6) is 0 Å². The van der Waals surface area contributed by atoms with E-state index in [4.69, 9.17) is 0 Å². The highest BCUT2D eigenvalue weighted by Gasteiger charge is 2.57. The lowest BCUT2D eigenvalue weighted by Gasteiger charge is -2.49. The minimum Gasteiger partial charge on any atom is -0.481 e. The van der Waals surface area contributed by atoms with Gasteiger partial charge in [0.1, 0.15) is 0 Å². The number of aliphatic hydroxyl groups is 1. The van der Waals surface area contributed by atoms with E-state index in [2.05, 4.69) is 0 Å². The van der Waals surface area contributed by atoms with Crippen LogP contribution in [0.3, 0.4) is 0 Å². The largest absolute Gasteiger partial charge is 0.481 e. The number of aliphatic carboxylic acids is 1. The predicted molar refractivity (Wildman–Crippen MR) is 60.6 cm³/mol. The average molecular weight is 274 g/mol. The zero-order valence-corrected chi connectivity index (χ0v) is 10.2. The number of benzene rings is 1. The first-order chi connectivity index (χ1) is 8.57. The van der Waals surface area contributed by atoms with E-state index in [1.807, 2.05) is 0 Å². The third-order valence-corrected chi connectivity index (χ3v) is 3.54. The number of carbonyl (C=O) groups is 1. The van der Waals surface area contributed by atoms with E-state index in [9.17, 15) is 28.2 Å². The third-order valence-electron chi connectivity index (χ3n) is 3.54. The zero-order chi connectivity index (χ0) is 14.5. The maximum absolute atomic E-state index is 12.4. The Balaban J connectivity index is 2.33. The van der Waals surface area contributed by atoms with E-state index in [1.54, 1.807) is 0 Å². The van der Waals surface area contributed by atoms with Crippen molar-refractivity contribution < 1.29 is 28.2 Å². The minimum absolute atomic E-state index is 0.000692. The Labute approximate surface area is 107 Å². The molecule has 0 spiro atoms. The summed E-state index contributed by atoms with van der Waals surface area (Å²) in [6, 6.07) is 4.08. The molecule has 0 aliphatic heterocycles. The third kappa shape index (κ3) is 2.32. The topological polar surface area (TPSA) is 57.5 Å². The van der Waals surface area contributed by atoms with E-state index in [1.165, 1.54) is 19.1 Å². The van der Waals surface area contributed by atoms with E-state index in [0.29, 0.717) is 5.56 Å². The molecule has 0 heterocycles. The van der Waals surface area contributed by atoms with Crippen molar-refractivity contribution in [1.29, 1.82) is 0 Å². The predicted octanol–water partition coefficient (Wildman–Crippen LogP) is 2.57. The molecule has 1 saturated carbocycles. The van der Waals surface area contributed by atoms with Crippen molar-refractivity contribution in [3.63, 3.8) is 0 Å². The number of alkyl halides is 3. The molecule has 1 aromatic carbocycles. The Hall–Kier alpha value is -1.56. The molecule has 1 aliphatic carbocycles. The maximum atomic E-state index is 12.4. The first-order valence-corrected chi connectivity index (χ1v) is 5.70. The standard InChI is InChI=1S/C13H13F3O3/c1-11(19)6-12(7-11,10(17)18)8-2-4-9(5-3-8)13(14,15)16/h2-5,19H,6-7H2,1H3,(H,17,18). The van der Waals surface area contributed by atoms with Crippen LogP contribution in [-0.2, 0) is 16.4 Å². The first-order valence-electron chi connectivity index (χ1n) is 5.70. The number of carboxylic acid groups (broad SMARTS) is 1. The SMILES string of the molecule is CC1(O)CC(C(=O)O)(c2ccc(C(F)(F)F)cc2)C1. The van der Waals surface area contributed by atoms with Gasteiger partial charge in [0.2, 0.25) is 0 Å². The lowest BCUT2D eigenvalue weighted by Crippen LogP contribution is -2.57. The van der Waals surface area contributed by atoms with Crippen LogP contribution in [-0.4, -0.2) is 21.8 Å². The van der Waals surface area contributed by atoms with Crippen molar-refractivity contribution in [3.05, 3.63) is 35.4 Å². The van der Waals surface area contributed by atoms with Gasteiger partial charge in [-0.15, -0.1) is 0 Å². The molecule has 0 atom stereocenters. The summed E-state index contributed by atoms with van der Waals surface area (Å²) in [5.41, 5.74) is -2.89. The highest BCUT2D eigenvalue weighted by Crippen LogP contribution is 2.50. The van der Waals surface area contributed by atoms with Crippen LogP contribution >= 0.6 is 0 Å². The van der Waals surface area contributed by atoms with Crippen LogP contribution in [0, 0.1) is 0 Å². The Bertz CT molecular complexity index is 495. The molecule has 104 valence electrons. The van der Waals surface area contributed by atoms with Crippen LogP contribution in [0.15, 0.2) is 24.3 Å². The molecule has 0 amide bonds. The fourth-order valence-corrected chi connectivity index (χ4v) is 2.71. The van der Waals surface area contributed by atoms with Gasteiger partial charge in [0.25, 0.3) is 0 Å². The summed E-state index contributed by atoms with van der Waals surface area (Å²) >= 11 is 0. The molecule has 19 heavy (non-hydrogen) atoms. The maximum Gasteiger partial charge on any atom is 0.416 e. The van der Waals surface area contributed by atoms with Gasteiger partial charge in [-0.3, -0.25) is 4.79 Å². The van der Waals surface area contributed by atoms with E-state index < -0.39 is 28.7 Å². The van der Waals surface area contributed by atoms with Gasteiger partial charge in [0.05, 0.1) is 16.6 Å². The highest BCUT2D eigenvalue weighted by atomic mass is 19.4. The smallest absolute Gasteiger partial charge is 0.416 e. The molecule has 0 unspecified atom stereocenters. The van der Waals surface area contributed by atoms with Crippen molar-refractivity contribution in [1.82, 2.24) is 0 Å². The number of hydrogen-bond acceptors (Lipinski definition) is 2. The molecule has 0 bridgehead atoms. The molecule has 1 fully saturated rings. The van der Waals surface area contributed by atoms with Gasteiger partial charge in [-0.1, -0.05) is 12.1 Å². The monoisotopic (exact) mass is 274 g/mol.